The summed E-state index contributed by atoms with van der Waals surface area (Å²) in [5.74, 6) is 1.52. The maximum absolute atomic E-state index is 13.4. The van der Waals surface area contributed by atoms with Crippen LogP contribution < -0.4 is 0 Å². The lowest BCUT2D eigenvalue weighted by Crippen LogP contribution is -2.49. The van der Waals surface area contributed by atoms with Crippen LogP contribution in [0.1, 0.15) is 67.2 Å². The molecule has 32 heavy (non-hydrogen) atoms. The van der Waals surface area contributed by atoms with Crippen molar-refractivity contribution in [1.82, 2.24) is 0 Å². The molecular formula is C27H29F3O2. The molecule has 5 atom stereocenters. The number of rotatable bonds is 2. The number of alkyl halides is 3. The summed E-state index contributed by atoms with van der Waals surface area (Å²) < 4.78 is 40.2. The van der Waals surface area contributed by atoms with Crippen LogP contribution >= 0.6 is 0 Å². The number of hydrogen-bond acceptors (Lipinski definition) is 2. The molecule has 0 unspecified atom stereocenters. The minimum Gasteiger partial charge on any atom is -0.508 e. The van der Waals surface area contributed by atoms with Gasteiger partial charge in [0.05, 0.1) is 11.2 Å². The predicted octanol–water partition coefficient (Wildman–Crippen LogP) is 6.71. The first kappa shape index (κ1) is 21.6. The summed E-state index contributed by atoms with van der Waals surface area (Å²) in [7, 11) is 0. The Bertz CT molecular complexity index is 1060. The Labute approximate surface area is 186 Å². The summed E-state index contributed by atoms with van der Waals surface area (Å²) in [6.07, 6.45) is 3.88. The molecule has 2 fully saturated rings. The van der Waals surface area contributed by atoms with Gasteiger partial charge < -0.3 is 10.2 Å². The SMILES string of the molecule is C[C@]12CC[C@@H]3c4ccc(O)cc4CC[C@H]3[C@@H]1CC[C@]2(O)C=Cc1ccccc1C(F)(F)F. The first-order valence-corrected chi connectivity index (χ1v) is 11.5. The summed E-state index contributed by atoms with van der Waals surface area (Å²) in [5, 5.41) is 21.6. The lowest BCUT2D eigenvalue weighted by molar-refractivity contribution is -0.137. The van der Waals surface area contributed by atoms with E-state index >= 15 is 0 Å². The van der Waals surface area contributed by atoms with Gasteiger partial charge in [0.2, 0.25) is 0 Å². The minimum atomic E-state index is -4.42. The fourth-order valence-electron chi connectivity index (χ4n) is 7.02. The highest BCUT2D eigenvalue weighted by molar-refractivity contribution is 5.56. The third-order valence-corrected chi connectivity index (χ3v) is 8.73. The molecule has 0 bridgehead atoms. The van der Waals surface area contributed by atoms with Gasteiger partial charge in [-0.3, -0.25) is 0 Å². The zero-order valence-electron chi connectivity index (χ0n) is 18.2. The molecule has 3 aliphatic rings. The fourth-order valence-corrected chi connectivity index (χ4v) is 7.02. The van der Waals surface area contributed by atoms with Crippen molar-refractivity contribution in [2.24, 2.45) is 17.3 Å². The molecule has 0 amide bonds. The number of halogens is 3. The van der Waals surface area contributed by atoms with Crippen molar-refractivity contribution in [1.29, 1.82) is 0 Å². The van der Waals surface area contributed by atoms with Crippen molar-refractivity contribution in [2.45, 2.75) is 63.1 Å². The number of phenols is 1. The fraction of sp³-hybridized carbons (Fsp3) is 0.481. The zero-order chi connectivity index (χ0) is 22.7. The van der Waals surface area contributed by atoms with E-state index in [1.54, 1.807) is 18.2 Å². The summed E-state index contributed by atoms with van der Waals surface area (Å²) in [6, 6.07) is 11.2. The van der Waals surface area contributed by atoms with Gasteiger partial charge in [0.1, 0.15) is 5.75 Å². The van der Waals surface area contributed by atoms with Crippen LogP contribution in [0.2, 0.25) is 0 Å². The zero-order valence-corrected chi connectivity index (χ0v) is 18.2. The monoisotopic (exact) mass is 442 g/mol. The Morgan fingerprint density at radius 1 is 1.03 bits per heavy atom. The molecular weight excluding hydrogens is 413 g/mol. The molecule has 0 aliphatic heterocycles. The highest BCUT2D eigenvalue weighted by Gasteiger charge is 2.60. The van der Waals surface area contributed by atoms with E-state index in [2.05, 4.69) is 13.0 Å². The third-order valence-electron chi connectivity index (χ3n) is 8.73. The molecule has 2 aromatic rings. The second kappa shape index (κ2) is 7.38. The number of hydrogen-bond donors (Lipinski definition) is 2. The highest BCUT2D eigenvalue weighted by Crippen LogP contribution is 2.64. The Balaban J connectivity index is 1.44. The van der Waals surface area contributed by atoms with Crippen LogP contribution in [0.3, 0.4) is 0 Å². The molecule has 2 N–H and O–H groups in total. The third kappa shape index (κ3) is 3.28. The molecule has 2 aromatic carbocycles. The van der Waals surface area contributed by atoms with Crippen molar-refractivity contribution in [3.8, 4) is 5.75 Å². The van der Waals surface area contributed by atoms with Crippen molar-refractivity contribution in [2.75, 3.05) is 0 Å². The number of aryl methyl sites for hydroxylation is 1. The summed E-state index contributed by atoms with van der Waals surface area (Å²) in [5.41, 5.74) is 0.511. The Morgan fingerprint density at radius 3 is 2.59 bits per heavy atom. The van der Waals surface area contributed by atoms with E-state index in [1.807, 2.05) is 6.07 Å². The minimum absolute atomic E-state index is 0.0977. The van der Waals surface area contributed by atoms with Crippen LogP contribution in [0, 0.1) is 17.3 Å². The van der Waals surface area contributed by atoms with Gasteiger partial charge in [0.15, 0.2) is 0 Å². The molecule has 3 aliphatic carbocycles. The molecule has 0 radical (unpaired) electrons. The predicted molar refractivity (Wildman–Crippen MR) is 118 cm³/mol. The van der Waals surface area contributed by atoms with E-state index in [0.717, 1.165) is 38.2 Å². The van der Waals surface area contributed by atoms with Gasteiger partial charge in [-0.2, -0.15) is 13.2 Å². The van der Waals surface area contributed by atoms with Crippen molar-refractivity contribution < 1.29 is 23.4 Å². The average molecular weight is 443 g/mol. The number of aliphatic hydroxyl groups is 1. The van der Waals surface area contributed by atoms with Crippen LogP contribution in [0.15, 0.2) is 48.5 Å². The van der Waals surface area contributed by atoms with Gasteiger partial charge in [-0.25, -0.2) is 0 Å². The number of benzene rings is 2. The van der Waals surface area contributed by atoms with Gasteiger partial charge in [-0.1, -0.05) is 43.3 Å². The van der Waals surface area contributed by atoms with Crippen LogP contribution in [0.25, 0.3) is 6.08 Å². The van der Waals surface area contributed by atoms with Gasteiger partial charge in [0, 0.05) is 5.41 Å². The maximum Gasteiger partial charge on any atom is 0.416 e. The van der Waals surface area contributed by atoms with Crippen LogP contribution in [0.4, 0.5) is 13.2 Å². The number of phenolic OH excluding ortho intramolecular Hbond substituents is 1. The van der Waals surface area contributed by atoms with E-state index in [4.69, 9.17) is 0 Å². The topological polar surface area (TPSA) is 40.5 Å². The van der Waals surface area contributed by atoms with E-state index in [-0.39, 0.29) is 11.0 Å². The second-order valence-electron chi connectivity index (χ2n) is 10.1. The van der Waals surface area contributed by atoms with Crippen molar-refractivity contribution in [3.05, 3.63) is 70.8 Å². The lowest BCUT2D eigenvalue weighted by Gasteiger charge is -2.52. The smallest absolute Gasteiger partial charge is 0.416 e. The van der Waals surface area contributed by atoms with Gasteiger partial charge >= 0.3 is 6.18 Å². The first-order chi connectivity index (χ1) is 15.1. The Hall–Kier alpha value is -2.27. The summed E-state index contributed by atoms with van der Waals surface area (Å²) >= 11 is 0. The van der Waals surface area contributed by atoms with Gasteiger partial charge in [-0.05, 0) is 91.2 Å². The molecule has 2 saturated carbocycles. The molecule has 0 spiro atoms. The summed E-state index contributed by atoms with van der Waals surface area (Å²) in [6.45, 7) is 2.13. The second-order valence-corrected chi connectivity index (χ2v) is 10.1. The van der Waals surface area contributed by atoms with Crippen LogP contribution in [-0.4, -0.2) is 15.8 Å². The van der Waals surface area contributed by atoms with E-state index in [9.17, 15) is 23.4 Å². The molecule has 5 rings (SSSR count). The van der Waals surface area contributed by atoms with Crippen molar-refractivity contribution >= 4 is 6.08 Å². The van der Waals surface area contributed by atoms with Gasteiger partial charge in [0.25, 0.3) is 0 Å². The number of aromatic hydroxyl groups is 1. The highest BCUT2D eigenvalue weighted by atomic mass is 19.4. The molecule has 0 heterocycles. The molecule has 170 valence electrons. The molecule has 5 heteroatoms. The van der Waals surface area contributed by atoms with Crippen LogP contribution in [-0.2, 0) is 12.6 Å². The number of fused-ring (bicyclic) bond motifs is 5. The average Bonchev–Trinajstić information content (AvgIpc) is 3.02. The van der Waals surface area contributed by atoms with E-state index < -0.39 is 17.3 Å². The molecule has 0 aromatic heterocycles. The van der Waals surface area contributed by atoms with E-state index in [1.165, 1.54) is 29.3 Å². The maximum atomic E-state index is 13.4. The summed E-state index contributed by atoms with van der Waals surface area (Å²) in [4.78, 5) is 0. The Kier molecular flexibility index (Phi) is 4.97. The molecule has 0 saturated heterocycles. The Morgan fingerprint density at radius 2 is 1.81 bits per heavy atom. The standard InChI is InChI=1S/C27H29F3O2/c1-25-13-11-21-20-9-7-19(31)16-18(20)6-8-22(21)24(25)12-15-26(25,32)14-10-17-4-2-3-5-23(17)27(28,29)30/h2-5,7,9-10,14,16,21-22,24,31-32H,6,8,11-13,15H2,1H3/t21-,22-,24+,25+,26-/m1/s1. The first-order valence-electron chi connectivity index (χ1n) is 11.5. The largest absolute Gasteiger partial charge is 0.508 e. The quantitative estimate of drug-likeness (QED) is 0.543. The lowest BCUT2D eigenvalue weighted by atomic mass is 9.53. The van der Waals surface area contributed by atoms with Crippen molar-refractivity contribution in [3.63, 3.8) is 0 Å². The van der Waals surface area contributed by atoms with Crippen LogP contribution in [0.5, 0.6) is 5.75 Å². The normalized spacial score (nSPS) is 34.2. The van der Waals surface area contributed by atoms with E-state index in [0.29, 0.717) is 29.9 Å². The molecule has 2 nitrogen and oxygen atoms in total. The van der Waals surface area contributed by atoms with Gasteiger partial charge in [-0.15, -0.1) is 0 Å².